The van der Waals surface area contributed by atoms with Crippen molar-refractivity contribution in [1.82, 2.24) is 0 Å². The second-order valence-corrected chi connectivity index (χ2v) is 21.3. The molecule has 3 saturated carbocycles. The van der Waals surface area contributed by atoms with E-state index in [1.54, 1.807) is 27.8 Å². The molecule has 2 saturated heterocycles. The fourth-order valence-corrected chi connectivity index (χ4v) is 19.0. The lowest BCUT2D eigenvalue weighted by Crippen LogP contribution is -2.49. The number of allylic oxidation sites excluding steroid dienone is 1. The van der Waals surface area contributed by atoms with Gasteiger partial charge in [-0.1, -0.05) is 80.3 Å². The van der Waals surface area contributed by atoms with E-state index >= 15 is 0 Å². The number of aryl methyl sites for hydroxylation is 2. The highest BCUT2D eigenvalue weighted by Crippen LogP contribution is 2.67. The summed E-state index contributed by atoms with van der Waals surface area (Å²) >= 11 is 9.23. The molecule has 0 aromatic heterocycles. The third kappa shape index (κ3) is 4.95. The van der Waals surface area contributed by atoms with Gasteiger partial charge in [-0.05, 0) is 127 Å². The maximum atomic E-state index is 2.75. The Bertz CT molecular complexity index is 1380. The zero-order chi connectivity index (χ0) is 29.1. The smallest absolute Gasteiger partial charge is 0.0828 e. The molecule has 5 fully saturated rings. The molecule has 7 atom stereocenters. The average Bonchev–Trinajstić information content (AvgIpc) is 3.76. The number of benzene rings is 2. The van der Waals surface area contributed by atoms with Crippen molar-refractivity contribution in [2.75, 3.05) is 23.0 Å². The van der Waals surface area contributed by atoms with E-state index in [1.165, 1.54) is 106 Å². The molecule has 2 aliphatic heterocycles. The molecule has 7 unspecified atom stereocenters. The molecule has 234 valence electrons. The Kier molecular flexibility index (Phi) is 8.26. The van der Waals surface area contributed by atoms with E-state index in [4.69, 9.17) is 0 Å². The second kappa shape index (κ2) is 12.2. The molecule has 0 N–H and O–H groups in total. The van der Waals surface area contributed by atoms with E-state index in [-0.39, 0.29) is 0 Å². The number of rotatable bonds is 0. The van der Waals surface area contributed by atoms with Gasteiger partial charge >= 0.3 is 0 Å². The van der Waals surface area contributed by atoms with Gasteiger partial charge in [0, 0.05) is 23.0 Å². The van der Waals surface area contributed by atoms with Crippen LogP contribution < -0.4 is 0 Å². The lowest BCUT2D eigenvalue weighted by molar-refractivity contribution is 0.0704. The van der Waals surface area contributed by atoms with Crippen LogP contribution in [0.3, 0.4) is 0 Å². The van der Waals surface area contributed by atoms with Crippen molar-refractivity contribution in [3.63, 3.8) is 0 Å². The van der Waals surface area contributed by atoms with Crippen LogP contribution in [0.2, 0.25) is 0 Å². The lowest BCUT2D eigenvalue weighted by atomic mass is 9.56. The molecule has 0 nitrogen and oxygen atoms in total. The molecule has 2 aromatic rings. The molecule has 44 heavy (non-hydrogen) atoms. The van der Waals surface area contributed by atoms with Gasteiger partial charge in [0.25, 0.3) is 0 Å². The minimum absolute atomic E-state index is 0.418. The largest absolute Gasteiger partial charge is 0.143 e. The first kappa shape index (κ1) is 29.7. The molecule has 0 amide bonds. The quantitative estimate of drug-likeness (QED) is 0.276. The Morgan fingerprint density at radius 2 is 1.20 bits per heavy atom. The van der Waals surface area contributed by atoms with Crippen LogP contribution in [0.15, 0.2) is 54.6 Å². The van der Waals surface area contributed by atoms with Crippen molar-refractivity contribution in [2.24, 2.45) is 35.5 Å². The van der Waals surface area contributed by atoms with Crippen molar-refractivity contribution < 1.29 is 0 Å². The first-order valence-electron chi connectivity index (χ1n) is 18.2. The van der Waals surface area contributed by atoms with Gasteiger partial charge in [0.1, 0.15) is 0 Å². The van der Waals surface area contributed by atoms with E-state index in [0.717, 1.165) is 41.4 Å². The maximum absolute atomic E-state index is 2.75. The van der Waals surface area contributed by atoms with Crippen molar-refractivity contribution >= 4 is 52.6 Å². The van der Waals surface area contributed by atoms with Crippen molar-refractivity contribution in [2.45, 2.75) is 97.5 Å². The SMILES string of the molecule is C1=C2c3ccccc3CCC2C2CCCCC2C12SCCS2.c1ccc2c(c1)CCC1C2CC2(SCCS2)C2CCCCC12. The van der Waals surface area contributed by atoms with E-state index in [0.29, 0.717) is 8.16 Å². The van der Waals surface area contributed by atoms with Crippen LogP contribution in [-0.4, -0.2) is 31.2 Å². The van der Waals surface area contributed by atoms with Gasteiger partial charge in [0.05, 0.1) is 8.16 Å². The van der Waals surface area contributed by atoms with E-state index in [2.05, 4.69) is 102 Å². The van der Waals surface area contributed by atoms with Gasteiger partial charge in [-0.2, -0.15) is 0 Å². The van der Waals surface area contributed by atoms with Crippen LogP contribution in [-0.2, 0) is 12.8 Å². The maximum Gasteiger partial charge on any atom is 0.0828 e. The van der Waals surface area contributed by atoms with E-state index in [1.807, 2.05) is 0 Å². The molecule has 4 heteroatoms. The zero-order valence-corrected chi connectivity index (χ0v) is 29.7. The predicted molar refractivity (Wildman–Crippen MR) is 198 cm³/mol. The van der Waals surface area contributed by atoms with E-state index in [9.17, 15) is 0 Å². The summed E-state index contributed by atoms with van der Waals surface area (Å²) in [5, 5.41) is 0. The number of fused-ring (bicyclic) bond motifs is 12. The molecular weight excluding hydrogens is 609 g/mol. The van der Waals surface area contributed by atoms with Crippen LogP contribution in [0, 0.1) is 35.5 Å². The van der Waals surface area contributed by atoms with Gasteiger partial charge in [0.2, 0.25) is 0 Å². The number of thioether (sulfide) groups is 4. The van der Waals surface area contributed by atoms with Crippen LogP contribution in [0.4, 0.5) is 0 Å². The van der Waals surface area contributed by atoms with Gasteiger partial charge in [-0.3, -0.25) is 0 Å². The van der Waals surface area contributed by atoms with Gasteiger partial charge in [0.15, 0.2) is 0 Å². The third-order valence-electron chi connectivity index (χ3n) is 13.3. The molecule has 0 bridgehead atoms. The Balaban J connectivity index is 0.000000123. The normalized spacial score (nSPS) is 37.3. The number of hydrogen-bond acceptors (Lipinski definition) is 4. The van der Waals surface area contributed by atoms with Gasteiger partial charge in [-0.25, -0.2) is 0 Å². The minimum atomic E-state index is 0.418. The van der Waals surface area contributed by atoms with Crippen molar-refractivity contribution in [1.29, 1.82) is 0 Å². The molecule has 8 aliphatic rings. The van der Waals surface area contributed by atoms with E-state index < -0.39 is 0 Å². The molecule has 0 radical (unpaired) electrons. The lowest BCUT2D eigenvalue weighted by Gasteiger charge is -2.56. The molecule has 2 aromatic carbocycles. The highest BCUT2D eigenvalue weighted by atomic mass is 32.2. The van der Waals surface area contributed by atoms with Gasteiger partial charge in [-0.15, -0.1) is 47.0 Å². The molecule has 10 rings (SSSR count). The first-order chi connectivity index (χ1) is 21.7. The minimum Gasteiger partial charge on any atom is -0.143 e. The Labute approximate surface area is 283 Å². The fraction of sp³-hybridized carbons (Fsp3) is 0.650. The highest BCUT2D eigenvalue weighted by Gasteiger charge is 2.56. The summed E-state index contributed by atoms with van der Waals surface area (Å²) in [7, 11) is 0. The number of hydrogen-bond donors (Lipinski definition) is 0. The molecule has 2 spiro atoms. The Morgan fingerprint density at radius 3 is 2.05 bits per heavy atom. The third-order valence-corrected chi connectivity index (χ3v) is 20.6. The summed E-state index contributed by atoms with van der Waals surface area (Å²) in [6, 6.07) is 18.6. The summed E-state index contributed by atoms with van der Waals surface area (Å²) < 4.78 is 0.998. The summed E-state index contributed by atoms with van der Waals surface area (Å²) in [6.07, 6.45) is 21.7. The van der Waals surface area contributed by atoms with Crippen LogP contribution in [0.25, 0.3) is 5.57 Å². The van der Waals surface area contributed by atoms with Gasteiger partial charge < -0.3 is 0 Å². The van der Waals surface area contributed by atoms with Crippen molar-refractivity contribution in [3.05, 3.63) is 76.9 Å². The second-order valence-electron chi connectivity index (χ2n) is 15.2. The Morgan fingerprint density at radius 1 is 0.545 bits per heavy atom. The fourth-order valence-electron chi connectivity index (χ4n) is 11.7. The summed E-state index contributed by atoms with van der Waals surface area (Å²) in [6.45, 7) is 0. The standard InChI is InChI=1S/C20H26S2.C20H24S2/c2*1-2-6-15-14(5-1)9-10-16-17-7-3-4-8-19(17)20(13-18(15)16)21-11-12-22-20/h1-2,5-6,16-19H,3-4,7-13H2;1-2,5-6,13,16-17,19H,3-4,7-12H2. The highest BCUT2D eigenvalue weighted by molar-refractivity contribution is 8.21. The molecule has 2 heterocycles. The predicted octanol–water partition coefficient (Wildman–Crippen LogP) is 11.3. The van der Waals surface area contributed by atoms with Crippen LogP contribution in [0.1, 0.15) is 98.8 Å². The monoisotopic (exact) mass is 658 g/mol. The molecular formula is C40H50S4. The first-order valence-corrected chi connectivity index (χ1v) is 22.1. The molecule has 6 aliphatic carbocycles. The summed E-state index contributed by atoms with van der Waals surface area (Å²) in [5.74, 6) is 12.2. The zero-order valence-electron chi connectivity index (χ0n) is 26.4. The van der Waals surface area contributed by atoms with Crippen molar-refractivity contribution in [3.8, 4) is 0 Å². The summed E-state index contributed by atoms with van der Waals surface area (Å²) in [4.78, 5) is 0. The average molecular weight is 659 g/mol. The summed E-state index contributed by atoms with van der Waals surface area (Å²) in [5.41, 5.74) is 8.32. The van der Waals surface area contributed by atoms with Crippen LogP contribution >= 0.6 is 47.0 Å². The Hall–Kier alpha value is -0.420. The topological polar surface area (TPSA) is 0 Å². The van der Waals surface area contributed by atoms with Crippen LogP contribution in [0.5, 0.6) is 0 Å².